The molecular formula is C11H18O2. The summed E-state index contributed by atoms with van der Waals surface area (Å²) in [7, 11) is 1.45. The highest BCUT2D eigenvalue weighted by molar-refractivity contribution is 5.74. The number of esters is 1. The molecule has 0 N–H and O–H groups in total. The van der Waals surface area contributed by atoms with E-state index < -0.39 is 0 Å². The Morgan fingerprint density at radius 2 is 2.15 bits per heavy atom. The molecule has 13 heavy (non-hydrogen) atoms. The van der Waals surface area contributed by atoms with Gasteiger partial charge in [0.15, 0.2) is 0 Å². The summed E-state index contributed by atoms with van der Waals surface area (Å²) < 4.78 is 4.79. The number of rotatable bonds is 1. The standard InChI is InChI=1S/C11H18O2/c1-7-6-9(10(12)13-5)11(3,4)8(7)2/h8-9H,1,6H2,2-5H3. The van der Waals surface area contributed by atoms with Gasteiger partial charge in [0, 0.05) is 0 Å². The van der Waals surface area contributed by atoms with Gasteiger partial charge in [0.25, 0.3) is 0 Å². The van der Waals surface area contributed by atoms with Crippen molar-refractivity contribution in [3.63, 3.8) is 0 Å². The van der Waals surface area contributed by atoms with Gasteiger partial charge >= 0.3 is 5.97 Å². The highest BCUT2D eigenvalue weighted by Crippen LogP contribution is 2.49. The van der Waals surface area contributed by atoms with Gasteiger partial charge in [-0.25, -0.2) is 0 Å². The van der Waals surface area contributed by atoms with Crippen molar-refractivity contribution in [2.24, 2.45) is 17.3 Å². The molecule has 0 aromatic rings. The van der Waals surface area contributed by atoms with Crippen molar-refractivity contribution in [1.82, 2.24) is 0 Å². The predicted molar refractivity (Wildman–Crippen MR) is 52.2 cm³/mol. The summed E-state index contributed by atoms with van der Waals surface area (Å²) in [5.41, 5.74) is 1.16. The second-order valence-electron chi connectivity index (χ2n) is 4.48. The van der Waals surface area contributed by atoms with Crippen molar-refractivity contribution in [1.29, 1.82) is 0 Å². The lowest BCUT2D eigenvalue weighted by molar-refractivity contribution is -0.149. The Morgan fingerprint density at radius 1 is 1.62 bits per heavy atom. The van der Waals surface area contributed by atoms with E-state index in [9.17, 15) is 4.79 Å². The molecule has 2 heteroatoms. The van der Waals surface area contributed by atoms with E-state index in [1.807, 2.05) is 0 Å². The number of carbonyl (C=O) groups excluding carboxylic acids is 1. The van der Waals surface area contributed by atoms with Crippen LogP contribution in [0, 0.1) is 17.3 Å². The molecule has 0 saturated heterocycles. The zero-order chi connectivity index (χ0) is 10.2. The fourth-order valence-electron chi connectivity index (χ4n) is 2.06. The molecule has 74 valence electrons. The summed E-state index contributed by atoms with van der Waals surface area (Å²) in [4.78, 5) is 11.5. The Balaban J connectivity index is 2.90. The van der Waals surface area contributed by atoms with E-state index in [0.717, 1.165) is 6.42 Å². The van der Waals surface area contributed by atoms with Crippen LogP contribution < -0.4 is 0 Å². The van der Waals surface area contributed by atoms with E-state index in [0.29, 0.717) is 5.92 Å². The first-order valence-electron chi connectivity index (χ1n) is 4.66. The molecule has 0 aromatic heterocycles. The van der Waals surface area contributed by atoms with Crippen molar-refractivity contribution in [3.8, 4) is 0 Å². The molecule has 0 bridgehead atoms. The SMILES string of the molecule is C=C1CC(C(=O)OC)C(C)(C)C1C. The van der Waals surface area contributed by atoms with Crippen LogP contribution in [0.1, 0.15) is 27.2 Å². The van der Waals surface area contributed by atoms with Gasteiger partial charge in [-0.15, -0.1) is 0 Å². The zero-order valence-electron chi connectivity index (χ0n) is 8.89. The fraction of sp³-hybridized carbons (Fsp3) is 0.727. The summed E-state index contributed by atoms with van der Waals surface area (Å²) in [6.07, 6.45) is 0.779. The van der Waals surface area contributed by atoms with E-state index in [1.54, 1.807) is 0 Å². The molecule has 2 atom stereocenters. The second kappa shape index (κ2) is 3.17. The van der Waals surface area contributed by atoms with Gasteiger partial charge in [-0.1, -0.05) is 32.9 Å². The Bertz CT molecular complexity index is 240. The Labute approximate surface area is 80.0 Å². The summed E-state index contributed by atoms with van der Waals surface area (Å²) in [5, 5.41) is 0. The first kappa shape index (κ1) is 10.3. The van der Waals surface area contributed by atoms with Crippen LogP contribution in [0.3, 0.4) is 0 Å². The van der Waals surface area contributed by atoms with Crippen LogP contribution in [0.4, 0.5) is 0 Å². The Hall–Kier alpha value is -0.790. The lowest BCUT2D eigenvalue weighted by Crippen LogP contribution is -2.30. The minimum absolute atomic E-state index is 0.00975. The third-order valence-electron chi connectivity index (χ3n) is 3.58. The maximum atomic E-state index is 11.5. The van der Waals surface area contributed by atoms with Crippen molar-refractivity contribution in [3.05, 3.63) is 12.2 Å². The average Bonchev–Trinajstić information content (AvgIpc) is 2.28. The van der Waals surface area contributed by atoms with Gasteiger partial charge in [0.05, 0.1) is 13.0 Å². The van der Waals surface area contributed by atoms with Gasteiger partial charge in [0.1, 0.15) is 0 Å². The number of methoxy groups -OCH3 is 1. The summed E-state index contributed by atoms with van der Waals surface area (Å²) >= 11 is 0. The lowest BCUT2D eigenvalue weighted by atomic mass is 9.76. The Kier molecular flexibility index (Phi) is 2.51. The molecule has 0 radical (unpaired) electrons. The number of hydrogen-bond acceptors (Lipinski definition) is 2. The van der Waals surface area contributed by atoms with Crippen molar-refractivity contribution >= 4 is 5.97 Å². The van der Waals surface area contributed by atoms with E-state index in [-0.39, 0.29) is 17.3 Å². The molecule has 2 unspecified atom stereocenters. The summed E-state index contributed by atoms with van der Waals surface area (Å²) in [6.45, 7) is 10.3. The molecule has 0 amide bonds. The lowest BCUT2D eigenvalue weighted by Gasteiger charge is -2.28. The van der Waals surface area contributed by atoms with Crippen LogP contribution in [-0.4, -0.2) is 13.1 Å². The van der Waals surface area contributed by atoms with E-state index in [2.05, 4.69) is 27.4 Å². The van der Waals surface area contributed by atoms with Crippen LogP contribution in [0.25, 0.3) is 0 Å². The maximum Gasteiger partial charge on any atom is 0.309 e. The van der Waals surface area contributed by atoms with E-state index >= 15 is 0 Å². The predicted octanol–water partition coefficient (Wildman–Crippen LogP) is 2.40. The highest BCUT2D eigenvalue weighted by atomic mass is 16.5. The third-order valence-corrected chi connectivity index (χ3v) is 3.58. The molecule has 2 nitrogen and oxygen atoms in total. The smallest absolute Gasteiger partial charge is 0.309 e. The first-order chi connectivity index (χ1) is 5.91. The average molecular weight is 182 g/mol. The van der Waals surface area contributed by atoms with Crippen LogP contribution in [0.2, 0.25) is 0 Å². The molecule has 1 fully saturated rings. The minimum atomic E-state index is -0.101. The van der Waals surface area contributed by atoms with Crippen LogP contribution >= 0.6 is 0 Å². The quantitative estimate of drug-likeness (QED) is 0.460. The van der Waals surface area contributed by atoms with Crippen LogP contribution in [-0.2, 0) is 9.53 Å². The molecule has 0 aromatic carbocycles. The summed E-state index contributed by atoms with van der Waals surface area (Å²) in [5.74, 6) is 0.284. The van der Waals surface area contributed by atoms with Gasteiger partial charge in [0.2, 0.25) is 0 Å². The number of ether oxygens (including phenoxy) is 1. The topological polar surface area (TPSA) is 26.3 Å². The highest BCUT2D eigenvalue weighted by Gasteiger charge is 2.46. The molecule has 0 heterocycles. The molecule has 0 aliphatic heterocycles. The van der Waals surface area contributed by atoms with Gasteiger partial charge < -0.3 is 4.74 Å². The van der Waals surface area contributed by atoms with Crippen LogP contribution in [0.15, 0.2) is 12.2 Å². The first-order valence-corrected chi connectivity index (χ1v) is 4.66. The number of hydrogen-bond donors (Lipinski definition) is 0. The van der Waals surface area contributed by atoms with E-state index in [4.69, 9.17) is 4.74 Å². The zero-order valence-corrected chi connectivity index (χ0v) is 8.89. The number of allylic oxidation sites excluding steroid dienone is 1. The normalized spacial score (nSPS) is 31.8. The second-order valence-corrected chi connectivity index (χ2v) is 4.48. The van der Waals surface area contributed by atoms with Gasteiger partial charge in [-0.05, 0) is 17.8 Å². The van der Waals surface area contributed by atoms with Crippen molar-refractivity contribution in [2.75, 3.05) is 7.11 Å². The molecule has 1 aliphatic rings. The fourth-order valence-corrected chi connectivity index (χ4v) is 2.06. The number of carbonyl (C=O) groups is 1. The monoisotopic (exact) mass is 182 g/mol. The van der Waals surface area contributed by atoms with E-state index in [1.165, 1.54) is 12.7 Å². The van der Waals surface area contributed by atoms with Gasteiger partial charge in [-0.3, -0.25) is 4.79 Å². The van der Waals surface area contributed by atoms with Crippen molar-refractivity contribution in [2.45, 2.75) is 27.2 Å². The Morgan fingerprint density at radius 3 is 2.46 bits per heavy atom. The summed E-state index contributed by atoms with van der Waals surface area (Å²) in [6, 6.07) is 0. The molecule has 0 spiro atoms. The molecule has 1 saturated carbocycles. The molecule has 1 rings (SSSR count). The minimum Gasteiger partial charge on any atom is -0.469 e. The third kappa shape index (κ3) is 1.50. The van der Waals surface area contributed by atoms with Crippen molar-refractivity contribution < 1.29 is 9.53 Å². The largest absolute Gasteiger partial charge is 0.469 e. The van der Waals surface area contributed by atoms with Gasteiger partial charge in [-0.2, -0.15) is 0 Å². The maximum absolute atomic E-state index is 11.5. The molecule has 1 aliphatic carbocycles. The molecular weight excluding hydrogens is 164 g/mol. The van der Waals surface area contributed by atoms with Crippen LogP contribution in [0.5, 0.6) is 0 Å².